The standard InChI is InChI=1S/C18H24N2O2S/c1-12(2)8-9-17(21)20-15(18(22)19-3)10-13-11-23-16-7-5-4-6-14(13)16/h4-7,11-12,15H,8-10H2,1-3H3,(H,19,22)(H,20,21)/t15-/m1/s1. The first-order valence-corrected chi connectivity index (χ1v) is 8.85. The predicted octanol–water partition coefficient (Wildman–Crippen LogP) is 3.11. The summed E-state index contributed by atoms with van der Waals surface area (Å²) in [6.45, 7) is 4.17. The van der Waals surface area contributed by atoms with Crippen molar-refractivity contribution < 1.29 is 9.59 Å². The number of rotatable bonds is 7. The number of hydrogen-bond donors (Lipinski definition) is 2. The largest absolute Gasteiger partial charge is 0.357 e. The summed E-state index contributed by atoms with van der Waals surface area (Å²) in [6, 6.07) is 7.60. The van der Waals surface area contributed by atoms with Crippen LogP contribution in [-0.2, 0) is 16.0 Å². The summed E-state index contributed by atoms with van der Waals surface area (Å²) >= 11 is 1.66. The Bertz CT molecular complexity index is 678. The summed E-state index contributed by atoms with van der Waals surface area (Å²) in [5.41, 5.74) is 1.10. The molecule has 0 aliphatic carbocycles. The Kier molecular flexibility index (Phi) is 6.16. The molecule has 0 fully saturated rings. The van der Waals surface area contributed by atoms with Crippen molar-refractivity contribution in [2.24, 2.45) is 5.92 Å². The minimum atomic E-state index is -0.530. The number of carbonyl (C=O) groups excluding carboxylic acids is 2. The van der Waals surface area contributed by atoms with E-state index in [-0.39, 0.29) is 11.8 Å². The maximum Gasteiger partial charge on any atom is 0.242 e. The molecule has 2 amide bonds. The number of thiophene rings is 1. The van der Waals surface area contributed by atoms with E-state index in [9.17, 15) is 9.59 Å². The van der Waals surface area contributed by atoms with Crippen molar-refractivity contribution in [3.63, 3.8) is 0 Å². The van der Waals surface area contributed by atoms with Crippen LogP contribution in [0.15, 0.2) is 29.6 Å². The molecule has 0 bridgehead atoms. The maximum atomic E-state index is 12.1. The molecule has 4 nitrogen and oxygen atoms in total. The van der Waals surface area contributed by atoms with Gasteiger partial charge in [0.1, 0.15) is 6.04 Å². The van der Waals surface area contributed by atoms with Gasteiger partial charge in [0.2, 0.25) is 11.8 Å². The zero-order valence-corrected chi connectivity index (χ0v) is 14.7. The van der Waals surface area contributed by atoms with E-state index in [0.717, 1.165) is 17.4 Å². The van der Waals surface area contributed by atoms with E-state index in [1.807, 2.05) is 12.1 Å². The zero-order chi connectivity index (χ0) is 16.8. The Labute approximate surface area is 141 Å². The highest BCUT2D eigenvalue weighted by Crippen LogP contribution is 2.26. The predicted molar refractivity (Wildman–Crippen MR) is 95.6 cm³/mol. The fourth-order valence-corrected chi connectivity index (χ4v) is 3.46. The lowest BCUT2D eigenvalue weighted by Gasteiger charge is -2.17. The van der Waals surface area contributed by atoms with Crippen LogP contribution in [0, 0.1) is 5.92 Å². The van der Waals surface area contributed by atoms with Gasteiger partial charge in [-0.3, -0.25) is 9.59 Å². The first kappa shape index (κ1) is 17.5. The molecule has 1 aromatic carbocycles. The number of fused-ring (bicyclic) bond motifs is 1. The van der Waals surface area contributed by atoms with Crippen LogP contribution < -0.4 is 10.6 Å². The molecule has 1 heterocycles. The van der Waals surface area contributed by atoms with Crippen LogP contribution in [0.1, 0.15) is 32.3 Å². The molecule has 0 unspecified atom stereocenters. The molecule has 2 aromatic rings. The van der Waals surface area contributed by atoms with Crippen molar-refractivity contribution in [3.05, 3.63) is 35.2 Å². The molecule has 23 heavy (non-hydrogen) atoms. The van der Waals surface area contributed by atoms with Crippen molar-refractivity contribution in [1.29, 1.82) is 0 Å². The number of amides is 2. The average molecular weight is 332 g/mol. The SMILES string of the molecule is CNC(=O)[C@@H](Cc1csc2ccccc12)NC(=O)CCC(C)C. The smallest absolute Gasteiger partial charge is 0.242 e. The lowest BCUT2D eigenvalue weighted by atomic mass is 10.0. The van der Waals surface area contributed by atoms with Gasteiger partial charge in [0, 0.05) is 24.6 Å². The fourth-order valence-electron chi connectivity index (χ4n) is 2.48. The summed E-state index contributed by atoms with van der Waals surface area (Å²) in [5.74, 6) is 0.255. The highest BCUT2D eigenvalue weighted by Gasteiger charge is 2.21. The van der Waals surface area contributed by atoms with E-state index in [4.69, 9.17) is 0 Å². The Morgan fingerprint density at radius 2 is 1.96 bits per heavy atom. The summed E-state index contributed by atoms with van der Waals surface area (Å²) in [7, 11) is 1.60. The van der Waals surface area contributed by atoms with Gasteiger partial charge in [0.15, 0.2) is 0 Å². The van der Waals surface area contributed by atoms with Gasteiger partial charge in [0.25, 0.3) is 0 Å². The fraction of sp³-hybridized carbons (Fsp3) is 0.444. The van der Waals surface area contributed by atoms with Crippen LogP contribution in [0.3, 0.4) is 0 Å². The van der Waals surface area contributed by atoms with E-state index < -0.39 is 6.04 Å². The minimum Gasteiger partial charge on any atom is -0.357 e. The molecule has 0 aliphatic heterocycles. The van der Waals surface area contributed by atoms with Crippen molar-refractivity contribution in [3.8, 4) is 0 Å². The molecule has 2 rings (SSSR count). The van der Waals surface area contributed by atoms with Crippen molar-refractivity contribution in [2.45, 2.75) is 39.2 Å². The van der Waals surface area contributed by atoms with Crippen molar-refractivity contribution in [2.75, 3.05) is 7.05 Å². The van der Waals surface area contributed by atoms with E-state index in [1.54, 1.807) is 18.4 Å². The van der Waals surface area contributed by atoms with Crippen LogP contribution >= 0.6 is 11.3 Å². The normalized spacial score (nSPS) is 12.3. The Morgan fingerprint density at radius 3 is 2.65 bits per heavy atom. The van der Waals surface area contributed by atoms with Crippen LogP contribution in [-0.4, -0.2) is 24.9 Å². The summed E-state index contributed by atoms with van der Waals surface area (Å²) in [6.07, 6.45) is 1.79. The molecular weight excluding hydrogens is 308 g/mol. The number of carbonyl (C=O) groups is 2. The van der Waals surface area contributed by atoms with Crippen LogP contribution in [0.5, 0.6) is 0 Å². The van der Waals surface area contributed by atoms with E-state index in [1.165, 1.54) is 4.70 Å². The van der Waals surface area contributed by atoms with E-state index in [2.05, 4.69) is 42.0 Å². The van der Waals surface area contributed by atoms with Gasteiger partial charge in [-0.1, -0.05) is 32.0 Å². The molecule has 1 aromatic heterocycles. The molecular formula is C18H24N2O2S. The monoisotopic (exact) mass is 332 g/mol. The van der Waals surface area contributed by atoms with Gasteiger partial charge in [-0.25, -0.2) is 0 Å². The third-order valence-corrected chi connectivity index (χ3v) is 4.84. The van der Waals surface area contributed by atoms with Gasteiger partial charge in [0.05, 0.1) is 0 Å². The molecule has 0 radical (unpaired) electrons. The molecule has 5 heteroatoms. The highest BCUT2D eigenvalue weighted by atomic mass is 32.1. The summed E-state index contributed by atoms with van der Waals surface area (Å²) < 4.78 is 1.20. The number of hydrogen-bond acceptors (Lipinski definition) is 3. The molecule has 124 valence electrons. The van der Waals surface area contributed by atoms with E-state index >= 15 is 0 Å². The van der Waals surface area contributed by atoms with Crippen LogP contribution in [0.4, 0.5) is 0 Å². The average Bonchev–Trinajstić information content (AvgIpc) is 2.95. The molecule has 0 aliphatic rings. The second kappa shape index (κ2) is 8.11. The Hall–Kier alpha value is -1.88. The second-order valence-electron chi connectivity index (χ2n) is 6.13. The van der Waals surface area contributed by atoms with Crippen LogP contribution in [0.25, 0.3) is 10.1 Å². The summed E-state index contributed by atoms with van der Waals surface area (Å²) in [5, 5.41) is 8.75. The number of benzene rings is 1. The summed E-state index contributed by atoms with van der Waals surface area (Å²) in [4.78, 5) is 24.2. The Balaban J connectivity index is 2.09. The molecule has 2 N–H and O–H groups in total. The molecule has 1 atom stereocenters. The topological polar surface area (TPSA) is 58.2 Å². The van der Waals surface area contributed by atoms with Gasteiger partial charge in [-0.15, -0.1) is 11.3 Å². The van der Waals surface area contributed by atoms with Gasteiger partial charge in [-0.2, -0.15) is 0 Å². The van der Waals surface area contributed by atoms with E-state index in [0.29, 0.717) is 18.8 Å². The van der Waals surface area contributed by atoms with Gasteiger partial charge >= 0.3 is 0 Å². The minimum absolute atomic E-state index is 0.0631. The Morgan fingerprint density at radius 1 is 1.22 bits per heavy atom. The zero-order valence-electron chi connectivity index (χ0n) is 13.9. The highest BCUT2D eigenvalue weighted by molar-refractivity contribution is 7.17. The lowest BCUT2D eigenvalue weighted by molar-refractivity contribution is -0.128. The third-order valence-electron chi connectivity index (χ3n) is 3.83. The van der Waals surface area contributed by atoms with Crippen LogP contribution in [0.2, 0.25) is 0 Å². The number of nitrogens with one attached hydrogen (secondary N) is 2. The second-order valence-corrected chi connectivity index (χ2v) is 7.04. The lowest BCUT2D eigenvalue weighted by Crippen LogP contribution is -2.47. The third kappa shape index (κ3) is 4.79. The number of likely N-dealkylation sites (N-methyl/N-ethyl adjacent to an activating group) is 1. The molecule has 0 saturated carbocycles. The van der Waals surface area contributed by atoms with Gasteiger partial charge < -0.3 is 10.6 Å². The van der Waals surface area contributed by atoms with Gasteiger partial charge in [-0.05, 0) is 34.7 Å². The molecule has 0 saturated heterocycles. The maximum absolute atomic E-state index is 12.1. The first-order valence-electron chi connectivity index (χ1n) is 7.97. The molecule has 0 spiro atoms. The quantitative estimate of drug-likeness (QED) is 0.818. The van der Waals surface area contributed by atoms with Crippen molar-refractivity contribution in [1.82, 2.24) is 10.6 Å². The first-order chi connectivity index (χ1) is 11.0. The van der Waals surface area contributed by atoms with Crippen molar-refractivity contribution >= 4 is 33.2 Å².